The third-order valence-electron chi connectivity index (χ3n) is 11.9. The Balaban J connectivity index is 3.57. The second-order valence-electron chi connectivity index (χ2n) is 23.5. The van der Waals surface area contributed by atoms with E-state index in [1.165, 1.54) is 77.0 Å². The van der Waals surface area contributed by atoms with Crippen LogP contribution in [0, 0.1) is 0 Å². The van der Waals surface area contributed by atoms with Crippen molar-refractivity contribution in [3.63, 3.8) is 0 Å². The van der Waals surface area contributed by atoms with Crippen LogP contribution in [0.4, 0.5) is 0 Å². The van der Waals surface area contributed by atoms with Crippen LogP contribution in [0.1, 0.15) is 213 Å². The van der Waals surface area contributed by atoms with E-state index in [2.05, 4.69) is 18.7 Å². The number of esters is 4. The summed E-state index contributed by atoms with van der Waals surface area (Å²) in [6.07, 6.45) is 19.5. The summed E-state index contributed by atoms with van der Waals surface area (Å²) < 4.78 is 23.4. The Morgan fingerprint density at radius 3 is 1.01 bits per heavy atom. The summed E-state index contributed by atoms with van der Waals surface area (Å²) in [5.74, 6) is -1.44. The largest absolute Gasteiger partial charge is 0.459 e. The van der Waals surface area contributed by atoms with Gasteiger partial charge in [-0.2, -0.15) is 0 Å². The minimum absolute atomic E-state index is 0.0121. The number of nitrogens with zero attached hydrogens (tertiary/aromatic N) is 5. The van der Waals surface area contributed by atoms with Crippen molar-refractivity contribution in [2.75, 3.05) is 85.1 Å². The predicted octanol–water partition coefficient (Wildman–Crippen LogP) is 9.83. The van der Waals surface area contributed by atoms with E-state index in [1.807, 2.05) is 103 Å². The summed E-state index contributed by atoms with van der Waals surface area (Å²) in [5.41, 5.74) is -2.79. The Bertz CT molecular complexity index is 1380. The summed E-state index contributed by atoms with van der Waals surface area (Å²) in [6, 6.07) is -0.764. The molecule has 0 aromatic carbocycles. The lowest BCUT2D eigenvalue weighted by Gasteiger charge is -2.37. The molecule has 1 fully saturated rings. The Morgan fingerprint density at radius 1 is 0.420 bits per heavy atom. The number of hydrogen-bond acceptors (Lipinski definition) is 13. The number of carbonyl (C=O) groups is 5. The van der Waals surface area contributed by atoms with Crippen LogP contribution in [-0.2, 0) is 42.9 Å². The minimum Gasteiger partial charge on any atom is -0.459 e. The van der Waals surface area contributed by atoms with Crippen molar-refractivity contribution >= 4 is 29.8 Å². The summed E-state index contributed by atoms with van der Waals surface area (Å²) in [5, 5.41) is 0. The molecule has 0 aromatic heterocycles. The molecule has 14 nitrogen and oxygen atoms in total. The molecule has 0 aromatic rings. The van der Waals surface area contributed by atoms with E-state index in [4.69, 9.17) is 18.9 Å². The highest BCUT2D eigenvalue weighted by atomic mass is 16.6. The molecular weight excluding hydrogens is 875 g/mol. The second-order valence-corrected chi connectivity index (χ2v) is 23.5. The van der Waals surface area contributed by atoms with Crippen molar-refractivity contribution in [1.82, 2.24) is 24.5 Å². The van der Waals surface area contributed by atoms with Crippen LogP contribution in [0.2, 0.25) is 0 Å². The maximum absolute atomic E-state index is 14.5. The van der Waals surface area contributed by atoms with Crippen molar-refractivity contribution in [1.29, 1.82) is 0 Å². The molecule has 0 N–H and O–H groups in total. The first kappa shape index (κ1) is 64.2. The Kier molecular flexibility index (Phi) is 31.4. The molecule has 0 unspecified atom stereocenters. The lowest BCUT2D eigenvalue weighted by Crippen LogP contribution is -2.53. The molecule has 0 saturated carbocycles. The fraction of sp³-hybridized carbons (Fsp3) is 0.909. The van der Waals surface area contributed by atoms with Crippen molar-refractivity contribution in [3.8, 4) is 0 Å². The Hall–Kier alpha value is -2.81. The maximum atomic E-state index is 14.5. The molecule has 69 heavy (non-hydrogen) atoms. The number of hydrogen-bond donors (Lipinski definition) is 0. The van der Waals surface area contributed by atoms with Crippen LogP contribution in [0.25, 0.3) is 0 Å². The van der Waals surface area contributed by atoms with E-state index in [1.54, 1.807) is 0 Å². The third kappa shape index (κ3) is 35.0. The quantitative estimate of drug-likeness (QED) is 0.0400. The van der Waals surface area contributed by atoms with E-state index in [9.17, 15) is 24.0 Å². The Morgan fingerprint density at radius 2 is 0.710 bits per heavy atom. The number of rotatable bonds is 29. The van der Waals surface area contributed by atoms with Gasteiger partial charge in [0, 0.05) is 71.9 Å². The van der Waals surface area contributed by atoms with Gasteiger partial charge in [0.1, 0.15) is 28.4 Å². The zero-order valence-electron chi connectivity index (χ0n) is 46.9. The van der Waals surface area contributed by atoms with Gasteiger partial charge in [-0.25, -0.2) is 0 Å². The van der Waals surface area contributed by atoms with Crippen LogP contribution in [0.3, 0.4) is 0 Å². The maximum Gasteiger partial charge on any atom is 0.323 e. The molecule has 1 aliphatic heterocycles. The monoisotopic (exact) mass is 980 g/mol. The molecule has 0 bridgehead atoms. The number of ether oxygens (including phenoxy) is 4. The van der Waals surface area contributed by atoms with E-state index in [-0.39, 0.29) is 56.3 Å². The minimum atomic E-state index is -0.770. The van der Waals surface area contributed by atoms with Crippen LogP contribution in [0.15, 0.2) is 0 Å². The van der Waals surface area contributed by atoms with Gasteiger partial charge < -0.3 is 23.8 Å². The smallest absolute Gasteiger partial charge is 0.323 e. The van der Waals surface area contributed by atoms with E-state index in [0.717, 1.165) is 38.8 Å². The van der Waals surface area contributed by atoms with Gasteiger partial charge in [-0.05, 0) is 102 Å². The summed E-state index contributed by atoms with van der Waals surface area (Å²) >= 11 is 0. The normalized spacial score (nSPS) is 16.3. The average molecular weight is 980 g/mol. The molecule has 1 aliphatic rings. The highest BCUT2D eigenvalue weighted by Crippen LogP contribution is 2.20. The average Bonchev–Trinajstić information content (AvgIpc) is 3.19. The van der Waals surface area contributed by atoms with Gasteiger partial charge in [-0.15, -0.1) is 0 Å². The van der Waals surface area contributed by atoms with Gasteiger partial charge in [0.15, 0.2) is 0 Å². The van der Waals surface area contributed by atoms with Crippen LogP contribution >= 0.6 is 0 Å². The fourth-order valence-electron chi connectivity index (χ4n) is 8.48. The van der Waals surface area contributed by atoms with Gasteiger partial charge in [0.05, 0.1) is 19.6 Å². The fourth-order valence-corrected chi connectivity index (χ4v) is 8.48. The highest BCUT2D eigenvalue weighted by molar-refractivity contribution is 5.80. The first-order valence-corrected chi connectivity index (χ1v) is 27.3. The van der Waals surface area contributed by atoms with Gasteiger partial charge in [-0.3, -0.25) is 43.6 Å². The molecule has 1 amide bonds. The summed E-state index contributed by atoms with van der Waals surface area (Å²) in [4.78, 5) is 78.9. The van der Waals surface area contributed by atoms with E-state index < -0.39 is 34.4 Å². The third-order valence-corrected chi connectivity index (χ3v) is 11.9. The zero-order chi connectivity index (χ0) is 52.1. The topological polar surface area (TPSA) is 138 Å². The lowest BCUT2D eigenvalue weighted by atomic mass is 10.1. The van der Waals surface area contributed by atoms with Crippen LogP contribution in [-0.4, -0.2) is 168 Å². The summed E-state index contributed by atoms with van der Waals surface area (Å²) in [6.45, 7) is 31.3. The van der Waals surface area contributed by atoms with Gasteiger partial charge in [0.25, 0.3) is 0 Å². The van der Waals surface area contributed by atoms with Crippen LogP contribution < -0.4 is 0 Å². The van der Waals surface area contributed by atoms with Crippen molar-refractivity contribution in [3.05, 3.63) is 0 Å². The molecule has 0 radical (unpaired) electrons. The van der Waals surface area contributed by atoms with Crippen molar-refractivity contribution in [2.45, 2.75) is 241 Å². The zero-order valence-corrected chi connectivity index (χ0v) is 46.9. The standard InChI is InChI=1S/C55H105N5O9/c1-15-17-19-21-23-25-27-29-33-60(34-30-28-26-24-22-20-18-16-2)47(61)32-31-46(51(65)69-55(12,13)14)59-41-39-57(44-49(63)67-53(6,7)8)37-35-56(43-48(62)66-52(3,4)5)36-38-58(40-42-59)45-50(64)68-54(9,10)11/h46H,15-45H2,1-14H3/t46-/m0/s1. The number of unbranched alkanes of at least 4 members (excludes halogenated alkanes) is 14. The lowest BCUT2D eigenvalue weighted by molar-refractivity contribution is -0.163. The molecule has 0 spiro atoms. The molecule has 0 aliphatic carbocycles. The van der Waals surface area contributed by atoms with E-state index in [0.29, 0.717) is 52.4 Å². The molecule has 404 valence electrons. The Labute approximate surface area is 422 Å². The van der Waals surface area contributed by atoms with Gasteiger partial charge in [-0.1, -0.05) is 104 Å². The molecule has 1 heterocycles. The second kappa shape index (κ2) is 33.8. The number of amides is 1. The van der Waals surface area contributed by atoms with Gasteiger partial charge in [0.2, 0.25) is 5.91 Å². The first-order chi connectivity index (χ1) is 32.2. The summed E-state index contributed by atoms with van der Waals surface area (Å²) in [7, 11) is 0. The predicted molar refractivity (Wildman–Crippen MR) is 279 cm³/mol. The first-order valence-electron chi connectivity index (χ1n) is 27.3. The molecule has 1 atom stereocenters. The highest BCUT2D eigenvalue weighted by Gasteiger charge is 2.33. The molecule has 1 rings (SSSR count). The van der Waals surface area contributed by atoms with Crippen molar-refractivity contribution < 1.29 is 42.9 Å². The van der Waals surface area contributed by atoms with Crippen molar-refractivity contribution in [2.24, 2.45) is 0 Å². The molecule has 14 heteroatoms. The van der Waals surface area contributed by atoms with Crippen LogP contribution in [0.5, 0.6) is 0 Å². The molecule has 1 saturated heterocycles. The number of carbonyl (C=O) groups excluding carboxylic acids is 5. The van der Waals surface area contributed by atoms with E-state index >= 15 is 0 Å². The van der Waals surface area contributed by atoms with Gasteiger partial charge >= 0.3 is 23.9 Å². The SMILES string of the molecule is CCCCCCCCCCN(CCCCCCCCCC)C(=O)CC[C@@H](C(=O)OC(C)(C)C)N1CCN(CC(=O)OC(C)(C)C)CCN(CC(=O)OC(C)(C)C)CCN(CC(=O)OC(C)(C)C)CC1. The molecular formula is C55H105N5O9.